The van der Waals surface area contributed by atoms with Crippen LogP contribution in [0, 0.1) is 0 Å². The lowest BCUT2D eigenvalue weighted by molar-refractivity contribution is 0.0697. The maximum atomic E-state index is 11.8. The number of hydrogen-bond donors (Lipinski definition) is 1. The fraction of sp³-hybridized carbons (Fsp3) is 0.516. The first-order valence-corrected chi connectivity index (χ1v) is 14.2. The van der Waals surface area contributed by atoms with Gasteiger partial charge in [-0.3, -0.25) is 4.90 Å². The number of carboxylic acids is 1. The molecule has 6 heteroatoms. The Morgan fingerprint density at radius 1 is 0.946 bits per heavy atom. The van der Waals surface area contributed by atoms with Gasteiger partial charge in [0.1, 0.15) is 12.4 Å². The normalized spacial score (nSPS) is 18.9. The van der Waals surface area contributed by atoms with Gasteiger partial charge in [0, 0.05) is 54.9 Å². The van der Waals surface area contributed by atoms with E-state index in [0.29, 0.717) is 18.1 Å². The second kappa shape index (κ2) is 10.4. The molecule has 1 aliphatic carbocycles. The van der Waals surface area contributed by atoms with Crippen molar-refractivity contribution in [1.29, 1.82) is 0 Å². The number of likely N-dealkylation sites (tertiary alicyclic amines) is 1. The van der Waals surface area contributed by atoms with Crippen LogP contribution in [0.2, 0.25) is 0 Å². The van der Waals surface area contributed by atoms with Crippen molar-refractivity contribution < 1.29 is 14.6 Å². The Morgan fingerprint density at radius 3 is 2.51 bits per heavy atom. The van der Waals surface area contributed by atoms with Crippen molar-refractivity contribution in [2.45, 2.75) is 63.8 Å². The summed E-state index contributed by atoms with van der Waals surface area (Å²) in [5, 5.41) is 10.9. The van der Waals surface area contributed by atoms with Crippen LogP contribution in [0.4, 0.5) is 5.69 Å². The summed E-state index contributed by atoms with van der Waals surface area (Å²) in [4.78, 5) is 16.7. The molecule has 3 aliphatic rings. The van der Waals surface area contributed by atoms with E-state index in [1.165, 1.54) is 92.4 Å². The van der Waals surface area contributed by atoms with Crippen LogP contribution in [0.15, 0.2) is 36.4 Å². The fourth-order valence-corrected chi connectivity index (χ4v) is 6.80. The summed E-state index contributed by atoms with van der Waals surface area (Å²) in [5.74, 6) is 0.577. The third-order valence-corrected chi connectivity index (χ3v) is 8.78. The number of nitrogens with zero attached hydrogens (tertiary/aromatic N) is 3. The molecule has 1 saturated heterocycles. The molecule has 6 nitrogen and oxygen atoms in total. The highest BCUT2D eigenvalue weighted by Gasteiger charge is 2.30. The fourth-order valence-electron chi connectivity index (χ4n) is 6.80. The van der Waals surface area contributed by atoms with Gasteiger partial charge in [-0.15, -0.1) is 0 Å². The molecule has 196 valence electrons. The van der Waals surface area contributed by atoms with E-state index in [1.807, 2.05) is 6.07 Å². The number of fused-ring (bicyclic) bond motifs is 5. The highest BCUT2D eigenvalue weighted by atomic mass is 16.5. The van der Waals surface area contributed by atoms with Crippen molar-refractivity contribution in [1.82, 2.24) is 9.47 Å². The molecule has 3 heterocycles. The predicted molar refractivity (Wildman–Crippen MR) is 149 cm³/mol. The molecule has 1 aromatic heterocycles. The smallest absolute Gasteiger partial charge is 0.335 e. The Kier molecular flexibility index (Phi) is 6.85. The number of aromatic nitrogens is 1. The van der Waals surface area contributed by atoms with Crippen molar-refractivity contribution >= 4 is 22.6 Å². The lowest BCUT2D eigenvalue weighted by atomic mass is 9.81. The number of benzene rings is 2. The van der Waals surface area contributed by atoms with Crippen LogP contribution in [-0.4, -0.2) is 60.4 Å². The van der Waals surface area contributed by atoms with Crippen LogP contribution >= 0.6 is 0 Å². The molecule has 6 rings (SSSR count). The molecule has 0 amide bonds. The van der Waals surface area contributed by atoms with Gasteiger partial charge in [0.05, 0.1) is 11.3 Å². The number of rotatable bonds is 6. The van der Waals surface area contributed by atoms with E-state index in [1.54, 1.807) is 6.07 Å². The number of piperidine rings is 1. The Bertz CT molecular complexity index is 1280. The topological polar surface area (TPSA) is 57.9 Å². The zero-order chi connectivity index (χ0) is 25.4. The summed E-state index contributed by atoms with van der Waals surface area (Å²) in [6.45, 7) is 5.77. The maximum absolute atomic E-state index is 11.8. The van der Waals surface area contributed by atoms with E-state index in [4.69, 9.17) is 4.74 Å². The van der Waals surface area contributed by atoms with Crippen LogP contribution in [0.5, 0.6) is 5.75 Å². The van der Waals surface area contributed by atoms with Gasteiger partial charge in [0.25, 0.3) is 0 Å². The van der Waals surface area contributed by atoms with Gasteiger partial charge in [0.2, 0.25) is 0 Å². The average Bonchev–Trinajstić information content (AvgIpc) is 3.18. The Hall–Kier alpha value is -2.99. The Balaban J connectivity index is 1.40. The molecule has 0 bridgehead atoms. The minimum absolute atomic E-state index is 0.360. The molecule has 0 spiro atoms. The van der Waals surface area contributed by atoms with Gasteiger partial charge < -0.3 is 19.3 Å². The van der Waals surface area contributed by atoms with Gasteiger partial charge in [-0.2, -0.15) is 0 Å². The van der Waals surface area contributed by atoms with Crippen LogP contribution in [0.25, 0.3) is 22.2 Å². The summed E-state index contributed by atoms with van der Waals surface area (Å²) >= 11 is 0. The first-order chi connectivity index (χ1) is 18.1. The van der Waals surface area contributed by atoms with E-state index in [9.17, 15) is 9.90 Å². The third-order valence-electron chi connectivity index (χ3n) is 8.78. The summed E-state index contributed by atoms with van der Waals surface area (Å²) in [6, 6.07) is 12.3. The van der Waals surface area contributed by atoms with Gasteiger partial charge in [-0.25, -0.2) is 4.79 Å². The molecular weight excluding hydrogens is 462 g/mol. The van der Waals surface area contributed by atoms with Gasteiger partial charge in [-0.1, -0.05) is 31.7 Å². The molecule has 0 unspecified atom stereocenters. The Morgan fingerprint density at radius 2 is 1.73 bits per heavy atom. The van der Waals surface area contributed by atoms with Crippen molar-refractivity contribution in [3.05, 3.63) is 47.5 Å². The maximum Gasteiger partial charge on any atom is 0.335 e. The molecule has 1 N–H and O–H groups in total. The average molecular weight is 502 g/mol. The lowest BCUT2D eigenvalue weighted by Crippen LogP contribution is -2.33. The second-order valence-corrected chi connectivity index (χ2v) is 11.1. The van der Waals surface area contributed by atoms with Crippen molar-refractivity contribution in [3.63, 3.8) is 0 Å². The predicted octanol–water partition coefficient (Wildman–Crippen LogP) is 6.37. The van der Waals surface area contributed by atoms with E-state index in [0.717, 1.165) is 30.9 Å². The summed E-state index contributed by atoms with van der Waals surface area (Å²) < 4.78 is 8.65. The number of anilines is 1. The van der Waals surface area contributed by atoms with Crippen molar-refractivity contribution in [2.24, 2.45) is 0 Å². The highest BCUT2D eigenvalue weighted by Crippen LogP contribution is 2.47. The third kappa shape index (κ3) is 4.72. The van der Waals surface area contributed by atoms with E-state index in [-0.39, 0.29) is 0 Å². The van der Waals surface area contributed by atoms with E-state index < -0.39 is 5.97 Å². The molecular formula is C31H39N3O3. The molecule has 37 heavy (non-hydrogen) atoms. The van der Waals surface area contributed by atoms with Gasteiger partial charge in [-0.05, 0) is 74.5 Å². The SMILES string of the molecule is CN1CCn2c(c(C3CCCCC3)c3ccc(C(=O)O)cc32)-c2ccc(OCCN3CCCCC3)cc21. The minimum atomic E-state index is -0.867. The van der Waals surface area contributed by atoms with Crippen molar-refractivity contribution in [3.8, 4) is 17.0 Å². The van der Waals surface area contributed by atoms with Crippen LogP contribution in [0.3, 0.4) is 0 Å². The quantitative estimate of drug-likeness (QED) is 0.425. The summed E-state index contributed by atoms with van der Waals surface area (Å²) in [7, 11) is 2.16. The minimum Gasteiger partial charge on any atom is -0.492 e. The number of carbonyl (C=O) groups is 1. The molecule has 0 atom stereocenters. The number of aromatic carboxylic acids is 1. The molecule has 1 saturated carbocycles. The van der Waals surface area contributed by atoms with Gasteiger partial charge in [0.15, 0.2) is 0 Å². The second-order valence-electron chi connectivity index (χ2n) is 11.1. The van der Waals surface area contributed by atoms with E-state index >= 15 is 0 Å². The number of ether oxygens (including phenoxy) is 1. The summed E-state index contributed by atoms with van der Waals surface area (Å²) in [6.07, 6.45) is 10.2. The highest BCUT2D eigenvalue weighted by molar-refractivity contribution is 5.99. The summed E-state index contributed by atoms with van der Waals surface area (Å²) in [5.41, 5.74) is 6.55. The molecule has 2 fully saturated rings. The van der Waals surface area contributed by atoms with Gasteiger partial charge >= 0.3 is 5.97 Å². The van der Waals surface area contributed by atoms with E-state index in [2.05, 4.69) is 45.7 Å². The molecule has 0 radical (unpaired) electrons. The number of carboxylic acid groups (broad SMARTS) is 1. The standard InChI is InChI=1S/C31H39N3O3/c1-32-16-17-34-28-20-23(31(35)36)10-12-25(28)29(22-8-4-2-5-9-22)30(34)26-13-11-24(21-27(26)32)37-19-18-33-14-6-3-7-15-33/h10-13,20-22H,2-9,14-19H2,1H3,(H,35,36). The largest absolute Gasteiger partial charge is 0.492 e. The van der Waals surface area contributed by atoms with Crippen LogP contribution in [0.1, 0.15) is 73.2 Å². The van der Waals surface area contributed by atoms with Crippen molar-refractivity contribution in [2.75, 3.05) is 44.7 Å². The molecule has 2 aliphatic heterocycles. The zero-order valence-corrected chi connectivity index (χ0v) is 22.0. The van der Waals surface area contributed by atoms with Crippen LogP contribution in [-0.2, 0) is 6.54 Å². The lowest BCUT2D eigenvalue weighted by Gasteiger charge is -2.26. The molecule has 2 aromatic carbocycles. The number of hydrogen-bond acceptors (Lipinski definition) is 4. The monoisotopic (exact) mass is 501 g/mol. The first-order valence-electron chi connectivity index (χ1n) is 14.2. The molecule has 3 aromatic rings. The zero-order valence-electron chi connectivity index (χ0n) is 22.0. The van der Waals surface area contributed by atoms with Crippen LogP contribution < -0.4 is 9.64 Å². The number of likely N-dealkylation sites (N-methyl/N-ethyl adjacent to an activating group) is 1. The Labute approximate surface area is 219 Å². The first kappa shape index (κ1) is 24.4.